The lowest BCUT2D eigenvalue weighted by molar-refractivity contribution is -0.139. The van der Waals surface area contributed by atoms with Crippen LogP contribution >= 0.6 is 23.2 Å². The van der Waals surface area contributed by atoms with Crippen LogP contribution in [0.4, 0.5) is 5.69 Å². The van der Waals surface area contributed by atoms with Crippen molar-refractivity contribution in [3.8, 4) is 0 Å². The summed E-state index contributed by atoms with van der Waals surface area (Å²) in [5.41, 5.74) is 2.65. The van der Waals surface area contributed by atoms with E-state index in [1.165, 1.54) is 4.90 Å². The summed E-state index contributed by atoms with van der Waals surface area (Å²) >= 11 is 12.3. The van der Waals surface area contributed by atoms with Crippen molar-refractivity contribution in [1.29, 1.82) is 0 Å². The summed E-state index contributed by atoms with van der Waals surface area (Å²) in [5, 5.41) is 3.58. The fourth-order valence-electron chi connectivity index (χ4n) is 3.42. The van der Waals surface area contributed by atoms with E-state index < -0.39 is 28.5 Å². The van der Waals surface area contributed by atoms with Crippen molar-refractivity contribution >= 4 is 50.7 Å². The quantitative estimate of drug-likeness (QED) is 0.526. The van der Waals surface area contributed by atoms with Crippen LogP contribution in [0.1, 0.15) is 37.5 Å². The molecule has 34 heavy (non-hydrogen) atoms. The number of nitrogens with zero attached hydrogens (tertiary/aromatic N) is 2. The number of hydrogen-bond acceptors (Lipinski definition) is 4. The van der Waals surface area contributed by atoms with Crippen LogP contribution in [0.25, 0.3) is 0 Å². The monoisotopic (exact) mass is 527 g/mol. The maximum absolute atomic E-state index is 13.6. The van der Waals surface area contributed by atoms with Gasteiger partial charge < -0.3 is 10.2 Å². The lowest BCUT2D eigenvalue weighted by Gasteiger charge is -2.32. The minimum atomic E-state index is -3.80. The number of amides is 2. The van der Waals surface area contributed by atoms with E-state index in [0.717, 1.165) is 21.7 Å². The highest BCUT2D eigenvalue weighted by Gasteiger charge is 2.31. The molecule has 0 fully saturated rings. The van der Waals surface area contributed by atoms with Crippen molar-refractivity contribution in [1.82, 2.24) is 10.2 Å². The Bertz CT molecular complexity index is 1170. The molecule has 2 aromatic rings. The minimum Gasteiger partial charge on any atom is -0.352 e. The Labute approximate surface area is 212 Å². The number of benzene rings is 2. The van der Waals surface area contributed by atoms with Gasteiger partial charge >= 0.3 is 0 Å². The summed E-state index contributed by atoms with van der Waals surface area (Å²) in [7, 11) is -3.80. The molecule has 0 spiro atoms. The molecule has 0 heterocycles. The average Bonchev–Trinajstić information content (AvgIpc) is 2.72. The summed E-state index contributed by atoms with van der Waals surface area (Å²) in [6.07, 6.45) is 1.05. The molecule has 1 atom stereocenters. The van der Waals surface area contributed by atoms with Gasteiger partial charge in [-0.2, -0.15) is 0 Å². The SMILES string of the molecule is Cc1cccc(N(CC(=O)N(Cc2ccc(Cl)cc2Cl)[C@@H](C)C(=O)NC(C)C)S(C)(=O)=O)c1C. The van der Waals surface area contributed by atoms with Crippen LogP contribution < -0.4 is 9.62 Å². The van der Waals surface area contributed by atoms with Crippen molar-refractivity contribution in [3.05, 3.63) is 63.1 Å². The Hall–Kier alpha value is -2.29. The third-order valence-corrected chi connectivity index (χ3v) is 7.19. The number of carbonyl (C=O) groups is 2. The van der Waals surface area contributed by atoms with E-state index in [1.54, 1.807) is 44.2 Å². The predicted octanol–water partition coefficient (Wildman–Crippen LogP) is 4.32. The molecule has 2 aromatic carbocycles. The highest BCUT2D eigenvalue weighted by Crippen LogP contribution is 2.26. The Kier molecular flexibility index (Phi) is 9.39. The van der Waals surface area contributed by atoms with Crippen molar-refractivity contribution in [3.63, 3.8) is 0 Å². The van der Waals surface area contributed by atoms with Gasteiger partial charge in [-0.3, -0.25) is 13.9 Å². The van der Waals surface area contributed by atoms with Gasteiger partial charge in [0.15, 0.2) is 0 Å². The molecule has 7 nitrogen and oxygen atoms in total. The van der Waals surface area contributed by atoms with Crippen LogP contribution in [0.5, 0.6) is 0 Å². The second-order valence-corrected chi connectivity index (χ2v) is 11.3. The first-order valence-corrected chi connectivity index (χ1v) is 13.4. The maximum Gasteiger partial charge on any atom is 0.244 e. The van der Waals surface area contributed by atoms with Crippen LogP contribution in [-0.2, 0) is 26.2 Å². The Morgan fingerprint density at radius 3 is 2.26 bits per heavy atom. The largest absolute Gasteiger partial charge is 0.352 e. The smallest absolute Gasteiger partial charge is 0.244 e. The van der Waals surface area contributed by atoms with Crippen LogP contribution in [0, 0.1) is 13.8 Å². The number of carbonyl (C=O) groups excluding carboxylic acids is 2. The van der Waals surface area contributed by atoms with E-state index in [4.69, 9.17) is 23.2 Å². The average molecular weight is 529 g/mol. The number of halogens is 2. The third-order valence-electron chi connectivity index (χ3n) is 5.48. The number of rotatable bonds is 9. The van der Waals surface area contributed by atoms with Gasteiger partial charge in [-0.25, -0.2) is 8.42 Å². The number of sulfonamides is 1. The van der Waals surface area contributed by atoms with E-state index >= 15 is 0 Å². The molecule has 186 valence electrons. The first kappa shape index (κ1) is 28.0. The highest BCUT2D eigenvalue weighted by atomic mass is 35.5. The van der Waals surface area contributed by atoms with Crippen molar-refractivity contribution in [2.24, 2.45) is 0 Å². The van der Waals surface area contributed by atoms with Gasteiger partial charge in [0.2, 0.25) is 21.8 Å². The molecule has 1 N–H and O–H groups in total. The van der Waals surface area contributed by atoms with Gasteiger partial charge in [0, 0.05) is 22.6 Å². The van der Waals surface area contributed by atoms with E-state index in [0.29, 0.717) is 21.3 Å². The number of aryl methyl sites for hydroxylation is 1. The van der Waals surface area contributed by atoms with Crippen molar-refractivity contribution in [2.45, 2.75) is 53.2 Å². The van der Waals surface area contributed by atoms with Gasteiger partial charge in [-0.1, -0.05) is 41.4 Å². The molecular formula is C24H31Cl2N3O4S. The zero-order chi connectivity index (χ0) is 25.8. The summed E-state index contributed by atoms with van der Waals surface area (Å²) < 4.78 is 26.5. The highest BCUT2D eigenvalue weighted by molar-refractivity contribution is 7.92. The third kappa shape index (κ3) is 7.10. The standard InChI is InChI=1S/C24H31Cl2N3O4S/c1-15(2)27-24(31)18(5)28(13-19-10-11-20(25)12-21(19)26)23(30)14-29(34(6,32)33)22-9-7-8-16(3)17(22)4/h7-12,15,18H,13-14H2,1-6H3,(H,27,31)/t18-/m0/s1. The minimum absolute atomic E-state index is 0.00587. The van der Waals surface area contributed by atoms with Gasteiger partial charge in [0.1, 0.15) is 12.6 Å². The second kappa shape index (κ2) is 11.4. The Morgan fingerprint density at radius 1 is 1.06 bits per heavy atom. The second-order valence-electron chi connectivity index (χ2n) is 8.59. The molecular weight excluding hydrogens is 497 g/mol. The molecule has 0 radical (unpaired) electrons. The van der Waals surface area contributed by atoms with E-state index in [9.17, 15) is 18.0 Å². The maximum atomic E-state index is 13.6. The topological polar surface area (TPSA) is 86.8 Å². The number of nitrogens with one attached hydrogen (secondary N) is 1. The normalized spacial score (nSPS) is 12.4. The number of anilines is 1. The van der Waals surface area contributed by atoms with Gasteiger partial charge in [0.25, 0.3) is 0 Å². The number of hydrogen-bond donors (Lipinski definition) is 1. The fourth-order valence-corrected chi connectivity index (χ4v) is 4.79. The molecule has 0 aliphatic carbocycles. The molecule has 2 rings (SSSR count). The van der Waals surface area contributed by atoms with Crippen LogP contribution in [0.15, 0.2) is 36.4 Å². The fraction of sp³-hybridized carbons (Fsp3) is 0.417. The van der Waals surface area contributed by atoms with Gasteiger partial charge in [0.05, 0.1) is 11.9 Å². The molecule has 0 unspecified atom stereocenters. The molecule has 10 heteroatoms. The Balaban J connectivity index is 2.47. The molecule has 0 saturated heterocycles. The molecule has 0 aromatic heterocycles. The van der Waals surface area contributed by atoms with Gasteiger partial charge in [-0.15, -0.1) is 0 Å². The molecule has 2 amide bonds. The van der Waals surface area contributed by atoms with Gasteiger partial charge in [-0.05, 0) is 69.5 Å². The molecule has 0 saturated carbocycles. The molecule has 0 aliphatic rings. The van der Waals surface area contributed by atoms with Crippen LogP contribution in [-0.4, -0.2) is 50.0 Å². The summed E-state index contributed by atoms with van der Waals surface area (Å²) in [5.74, 6) is -0.894. The molecule has 0 bridgehead atoms. The van der Waals surface area contributed by atoms with E-state index in [-0.39, 0.29) is 18.5 Å². The Morgan fingerprint density at radius 2 is 1.71 bits per heavy atom. The molecule has 0 aliphatic heterocycles. The lowest BCUT2D eigenvalue weighted by atomic mass is 10.1. The summed E-state index contributed by atoms with van der Waals surface area (Å²) in [6, 6.07) is 9.14. The van der Waals surface area contributed by atoms with E-state index in [1.807, 2.05) is 26.8 Å². The van der Waals surface area contributed by atoms with Crippen LogP contribution in [0.3, 0.4) is 0 Å². The van der Waals surface area contributed by atoms with Crippen molar-refractivity contribution < 1.29 is 18.0 Å². The van der Waals surface area contributed by atoms with Crippen LogP contribution in [0.2, 0.25) is 10.0 Å². The zero-order valence-corrected chi connectivity index (χ0v) is 22.6. The van der Waals surface area contributed by atoms with Crippen molar-refractivity contribution in [2.75, 3.05) is 17.1 Å². The van der Waals surface area contributed by atoms with E-state index in [2.05, 4.69) is 5.32 Å². The first-order chi connectivity index (χ1) is 15.7. The lowest BCUT2D eigenvalue weighted by Crippen LogP contribution is -2.52. The first-order valence-electron chi connectivity index (χ1n) is 10.8. The zero-order valence-electron chi connectivity index (χ0n) is 20.2. The summed E-state index contributed by atoms with van der Waals surface area (Å²) in [4.78, 5) is 27.7. The predicted molar refractivity (Wildman–Crippen MR) is 138 cm³/mol. The summed E-state index contributed by atoms with van der Waals surface area (Å²) in [6.45, 7) is 8.45.